The van der Waals surface area contributed by atoms with E-state index in [0.29, 0.717) is 5.56 Å². The monoisotopic (exact) mass is 289 g/mol. The summed E-state index contributed by atoms with van der Waals surface area (Å²) < 4.78 is 4.42. The molecule has 21 heavy (non-hydrogen) atoms. The van der Waals surface area contributed by atoms with Crippen molar-refractivity contribution in [3.05, 3.63) is 35.9 Å². The number of carboxylic acid groups (broad SMARTS) is 1. The van der Waals surface area contributed by atoms with Gasteiger partial charge in [-0.05, 0) is 18.6 Å². The fourth-order valence-corrected chi connectivity index (χ4v) is 1.47. The molecule has 0 fully saturated rings. The lowest BCUT2D eigenvalue weighted by Gasteiger charge is -2.11. The fraction of sp³-hybridized carbons (Fsp3) is 0.267. The summed E-state index contributed by atoms with van der Waals surface area (Å²) in [7, 11) is 1.21. The topological polar surface area (TPSA) is 92.7 Å². The van der Waals surface area contributed by atoms with Crippen LogP contribution in [0.3, 0.4) is 0 Å². The normalized spacial score (nSPS) is 10.7. The number of hydrogen-bond acceptors (Lipinski definition) is 4. The summed E-state index contributed by atoms with van der Waals surface area (Å²) in [5.74, 6) is 2.45. The van der Waals surface area contributed by atoms with Gasteiger partial charge in [0.25, 0.3) is 5.91 Å². The third-order valence-electron chi connectivity index (χ3n) is 2.56. The number of carbonyl (C=O) groups excluding carboxylic acids is 2. The lowest BCUT2D eigenvalue weighted by Crippen LogP contribution is -2.40. The van der Waals surface area contributed by atoms with Crippen LogP contribution in [0.25, 0.3) is 0 Å². The Hall–Kier alpha value is -2.81. The zero-order chi connectivity index (χ0) is 15.7. The minimum atomic E-state index is -1.23. The van der Waals surface area contributed by atoms with Crippen LogP contribution in [0.1, 0.15) is 18.4 Å². The molecule has 0 bridgehead atoms. The van der Waals surface area contributed by atoms with Gasteiger partial charge in [-0.1, -0.05) is 24.1 Å². The lowest BCUT2D eigenvalue weighted by molar-refractivity contribution is -0.143. The summed E-state index contributed by atoms with van der Waals surface area (Å²) in [6.45, 7) is 0. The molecule has 0 aliphatic heterocycles. The minimum absolute atomic E-state index is 0.0548. The highest BCUT2D eigenvalue weighted by Crippen LogP contribution is 2.00. The molecule has 0 aliphatic carbocycles. The van der Waals surface area contributed by atoms with E-state index in [0.717, 1.165) is 0 Å². The average molecular weight is 289 g/mol. The third-order valence-corrected chi connectivity index (χ3v) is 2.56. The minimum Gasteiger partial charge on any atom is -0.480 e. The lowest BCUT2D eigenvalue weighted by atomic mass is 10.1. The number of benzene rings is 1. The van der Waals surface area contributed by atoms with Gasteiger partial charge < -0.3 is 15.2 Å². The van der Waals surface area contributed by atoms with E-state index in [-0.39, 0.29) is 12.8 Å². The third kappa shape index (κ3) is 6.25. The Kier molecular flexibility index (Phi) is 6.48. The van der Waals surface area contributed by atoms with Crippen molar-refractivity contribution in [3.63, 3.8) is 0 Å². The van der Waals surface area contributed by atoms with Gasteiger partial charge in [-0.25, -0.2) is 4.79 Å². The molecule has 0 saturated carbocycles. The highest BCUT2D eigenvalue weighted by atomic mass is 16.5. The quantitative estimate of drug-likeness (QED) is 0.610. The first-order valence-electron chi connectivity index (χ1n) is 6.20. The molecule has 6 heteroatoms. The van der Waals surface area contributed by atoms with Crippen LogP contribution in [0.5, 0.6) is 0 Å². The van der Waals surface area contributed by atoms with E-state index in [9.17, 15) is 14.4 Å². The number of hydrogen-bond donors (Lipinski definition) is 2. The first-order valence-corrected chi connectivity index (χ1v) is 6.20. The molecule has 1 amide bonds. The Bertz CT molecular complexity index is 571. The fourth-order valence-electron chi connectivity index (χ4n) is 1.47. The van der Waals surface area contributed by atoms with Crippen molar-refractivity contribution in [3.8, 4) is 11.8 Å². The number of ether oxygens (including phenoxy) is 1. The van der Waals surface area contributed by atoms with Crippen molar-refractivity contribution in [2.24, 2.45) is 0 Å². The first kappa shape index (κ1) is 16.2. The Morgan fingerprint density at radius 2 is 1.95 bits per heavy atom. The van der Waals surface area contributed by atoms with E-state index < -0.39 is 23.9 Å². The van der Waals surface area contributed by atoms with Crippen molar-refractivity contribution in [2.75, 3.05) is 7.11 Å². The van der Waals surface area contributed by atoms with Gasteiger partial charge in [0, 0.05) is 17.9 Å². The smallest absolute Gasteiger partial charge is 0.326 e. The van der Waals surface area contributed by atoms with E-state index >= 15 is 0 Å². The maximum Gasteiger partial charge on any atom is 0.326 e. The summed E-state index contributed by atoms with van der Waals surface area (Å²) >= 11 is 0. The predicted molar refractivity (Wildman–Crippen MR) is 74.1 cm³/mol. The van der Waals surface area contributed by atoms with Crippen LogP contribution in [0.4, 0.5) is 0 Å². The van der Waals surface area contributed by atoms with Crippen LogP contribution in [-0.2, 0) is 19.1 Å². The van der Waals surface area contributed by atoms with E-state index in [2.05, 4.69) is 21.9 Å². The largest absolute Gasteiger partial charge is 0.480 e. The van der Waals surface area contributed by atoms with Gasteiger partial charge in [0.15, 0.2) is 0 Å². The van der Waals surface area contributed by atoms with E-state index in [1.54, 1.807) is 24.3 Å². The molecule has 0 saturated heterocycles. The summed E-state index contributed by atoms with van der Waals surface area (Å²) in [5.41, 5.74) is 0.647. The maximum absolute atomic E-state index is 11.6. The molecule has 2 N–H and O–H groups in total. The number of methoxy groups -OCH3 is 1. The second kappa shape index (κ2) is 8.38. The standard InChI is InChI=1S/C15H15NO5/c1-21-14(18)10-8-12(15(19)20)16-13(17)9-7-11-5-3-2-4-6-11/h2-6,12H,8,10H2,1H3,(H,16,17)(H,19,20). The number of aliphatic carboxylic acids is 1. The van der Waals surface area contributed by atoms with E-state index in [1.165, 1.54) is 7.11 Å². The molecular formula is C15H15NO5. The molecule has 0 aliphatic rings. The average Bonchev–Trinajstić information content (AvgIpc) is 2.49. The predicted octanol–water partition coefficient (Wildman–Crippen LogP) is 0.561. The number of nitrogens with one attached hydrogen (secondary N) is 1. The molecule has 1 aromatic carbocycles. The van der Waals surface area contributed by atoms with Gasteiger partial charge in [0.05, 0.1) is 7.11 Å². The van der Waals surface area contributed by atoms with Gasteiger partial charge >= 0.3 is 11.9 Å². The number of amides is 1. The molecule has 0 spiro atoms. The Balaban J connectivity index is 2.59. The molecule has 6 nitrogen and oxygen atoms in total. The number of esters is 1. The second-order valence-electron chi connectivity index (χ2n) is 4.10. The molecule has 0 heterocycles. The summed E-state index contributed by atoms with van der Waals surface area (Å²) in [6, 6.07) is 7.65. The van der Waals surface area contributed by atoms with Crippen LogP contribution >= 0.6 is 0 Å². The molecule has 110 valence electrons. The van der Waals surface area contributed by atoms with Crippen LogP contribution in [0.2, 0.25) is 0 Å². The van der Waals surface area contributed by atoms with Crippen LogP contribution in [-0.4, -0.2) is 36.1 Å². The number of rotatable bonds is 5. The Morgan fingerprint density at radius 3 is 2.52 bits per heavy atom. The van der Waals surface area contributed by atoms with Gasteiger partial charge in [-0.15, -0.1) is 0 Å². The summed E-state index contributed by atoms with van der Waals surface area (Å²) in [5, 5.41) is 11.2. The van der Waals surface area contributed by atoms with Crippen LogP contribution in [0, 0.1) is 11.8 Å². The van der Waals surface area contributed by atoms with E-state index in [4.69, 9.17) is 5.11 Å². The van der Waals surface area contributed by atoms with Crippen molar-refractivity contribution in [2.45, 2.75) is 18.9 Å². The molecule has 1 unspecified atom stereocenters. The van der Waals surface area contributed by atoms with Crippen molar-refractivity contribution in [1.82, 2.24) is 5.32 Å². The highest BCUT2D eigenvalue weighted by Gasteiger charge is 2.20. The zero-order valence-electron chi connectivity index (χ0n) is 11.5. The number of carbonyl (C=O) groups is 3. The maximum atomic E-state index is 11.6. The molecule has 1 atom stereocenters. The van der Waals surface area contributed by atoms with Gasteiger partial charge in [0.2, 0.25) is 0 Å². The Morgan fingerprint density at radius 1 is 1.29 bits per heavy atom. The molecular weight excluding hydrogens is 274 g/mol. The first-order chi connectivity index (χ1) is 10.0. The zero-order valence-corrected chi connectivity index (χ0v) is 11.5. The van der Waals surface area contributed by atoms with Crippen molar-refractivity contribution < 1.29 is 24.2 Å². The molecule has 1 aromatic rings. The van der Waals surface area contributed by atoms with Gasteiger partial charge in [-0.3, -0.25) is 9.59 Å². The Labute approximate surface area is 122 Å². The van der Waals surface area contributed by atoms with Crippen LogP contribution in [0.15, 0.2) is 30.3 Å². The molecule has 1 rings (SSSR count). The SMILES string of the molecule is COC(=O)CCC(NC(=O)C#Cc1ccccc1)C(=O)O. The summed E-state index contributed by atoms with van der Waals surface area (Å²) in [6.07, 6.45) is -0.152. The van der Waals surface area contributed by atoms with Gasteiger partial charge in [0.1, 0.15) is 6.04 Å². The van der Waals surface area contributed by atoms with Crippen LogP contribution < -0.4 is 5.32 Å². The van der Waals surface area contributed by atoms with Crippen molar-refractivity contribution >= 4 is 17.8 Å². The highest BCUT2D eigenvalue weighted by molar-refractivity contribution is 5.96. The summed E-state index contributed by atoms with van der Waals surface area (Å²) in [4.78, 5) is 33.6. The molecule has 0 radical (unpaired) electrons. The van der Waals surface area contributed by atoms with Crippen molar-refractivity contribution in [1.29, 1.82) is 0 Å². The van der Waals surface area contributed by atoms with Gasteiger partial charge in [-0.2, -0.15) is 0 Å². The molecule has 0 aromatic heterocycles. The number of carboxylic acids is 1. The van der Waals surface area contributed by atoms with E-state index in [1.807, 2.05) is 6.07 Å². The second-order valence-corrected chi connectivity index (χ2v) is 4.10.